The molecule has 2 aromatic rings. The molecule has 0 bridgehead atoms. The zero-order valence-electron chi connectivity index (χ0n) is 13.7. The lowest BCUT2D eigenvalue weighted by Gasteiger charge is -2.06. The van der Waals surface area contributed by atoms with Crippen molar-refractivity contribution in [2.75, 3.05) is 17.7 Å². The van der Waals surface area contributed by atoms with Crippen molar-refractivity contribution in [1.29, 1.82) is 0 Å². The van der Waals surface area contributed by atoms with Crippen molar-refractivity contribution in [1.82, 2.24) is 4.98 Å². The van der Waals surface area contributed by atoms with Crippen molar-refractivity contribution in [2.24, 2.45) is 10.7 Å². The number of hydrogen-bond donors (Lipinski definition) is 4. The van der Waals surface area contributed by atoms with Gasteiger partial charge in [0.2, 0.25) is 0 Å². The Bertz CT molecular complexity index is 779. The van der Waals surface area contributed by atoms with E-state index in [9.17, 15) is 0 Å². The van der Waals surface area contributed by atoms with Crippen LogP contribution in [0.1, 0.15) is 16.1 Å². The summed E-state index contributed by atoms with van der Waals surface area (Å²) in [6.45, 7) is 5.76. The molecule has 0 atom stereocenters. The highest BCUT2D eigenvalue weighted by molar-refractivity contribution is 7.16. The van der Waals surface area contributed by atoms with Crippen molar-refractivity contribution in [2.45, 2.75) is 13.5 Å². The number of aromatic nitrogens is 1. The second-order valence-electron chi connectivity index (χ2n) is 5.01. The van der Waals surface area contributed by atoms with E-state index in [1.54, 1.807) is 12.3 Å². The minimum Gasteiger partial charge on any atom is -0.397 e. The number of thiazole rings is 1. The fourth-order valence-corrected chi connectivity index (χ4v) is 2.86. The number of nitrogens with zero attached hydrogens (tertiary/aromatic N) is 2. The standard InChI is InChI=1S/C17H21N5OS/c1-11-16(24-17(19-3)21-11)15(18)7-8-20-12(2)22-14-6-4-5-13(9-14)10-23/h4-9,22-23H,2,10,18H2,1,3H3,(H,19,21)/b15-7-,20-8-. The van der Waals surface area contributed by atoms with Crippen LogP contribution in [0.4, 0.5) is 10.8 Å². The smallest absolute Gasteiger partial charge is 0.183 e. The first-order valence-electron chi connectivity index (χ1n) is 7.34. The van der Waals surface area contributed by atoms with Crippen LogP contribution in [0.5, 0.6) is 0 Å². The Morgan fingerprint density at radius 2 is 2.29 bits per heavy atom. The van der Waals surface area contributed by atoms with Crippen LogP contribution < -0.4 is 16.4 Å². The molecular formula is C17H21N5OS. The predicted molar refractivity (Wildman–Crippen MR) is 102 cm³/mol. The number of rotatable bonds is 7. The molecular weight excluding hydrogens is 322 g/mol. The first-order chi connectivity index (χ1) is 11.5. The Morgan fingerprint density at radius 3 is 2.96 bits per heavy atom. The van der Waals surface area contributed by atoms with Crippen LogP contribution in [0.2, 0.25) is 0 Å². The number of aliphatic hydroxyl groups is 1. The summed E-state index contributed by atoms with van der Waals surface area (Å²) < 4.78 is 0. The number of aliphatic hydroxyl groups excluding tert-OH is 1. The van der Waals surface area contributed by atoms with E-state index in [2.05, 4.69) is 27.2 Å². The van der Waals surface area contributed by atoms with Gasteiger partial charge in [0.25, 0.3) is 0 Å². The van der Waals surface area contributed by atoms with Crippen molar-refractivity contribution >= 4 is 34.1 Å². The Kier molecular flexibility index (Phi) is 6.11. The van der Waals surface area contributed by atoms with Gasteiger partial charge in [-0.25, -0.2) is 9.98 Å². The summed E-state index contributed by atoms with van der Waals surface area (Å²) in [6, 6.07) is 7.42. The number of nitrogens with one attached hydrogen (secondary N) is 2. The number of benzene rings is 1. The van der Waals surface area contributed by atoms with Crippen LogP contribution in [0.15, 0.2) is 47.7 Å². The van der Waals surface area contributed by atoms with Gasteiger partial charge >= 0.3 is 0 Å². The molecule has 0 aliphatic carbocycles. The number of aliphatic imine (C=N–C) groups is 1. The minimum absolute atomic E-state index is 0.00661. The van der Waals surface area contributed by atoms with E-state index in [1.165, 1.54) is 11.3 Å². The van der Waals surface area contributed by atoms with Crippen LogP contribution >= 0.6 is 11.3 Å². The summed E-state index contributed by atoms with van der Waals surface area (Å²) in [5, 5.41) is 16.0. The van der Waals surface area contributed by atoms with Gasteiger partial charge in [-0.3, -0.25) is 0 Å². The number of aryl methyl sites for hydroxylation is 1. The predicted octanol–water partition coefficient (Wildman–Crippen LogP) is 2.94. The SMILES string of the molecule is C=C(/N=C\C=C(/N)c1sc(NC)nc1C)Nc1cccc(CO)c1. The van der Waals surface area contributed by atoms with E-state index < -0.39 is 0 Å². The van der Waals surface area contributed by atoms with Crippen LogP contribution in [0.25, 0.3) is 5.70 Å². The molecule has 24 heavy (non-hydrogen) atoms. The van der Waals surface area contributed by atoms with Crippen LogP contribution in [-0.4, -0.2) is 23.4 Å². The van der Waals surface area contributed by atoms with Crippen LogP contribution in [-0.2, 0) is 6.61 Å². The average Bonchev–Trinajstić information content (AvgIpc) is 2.96. The summed E-state index contributed by atoms with van der Waals surface area (Å²) in [7, 11) is 1.82. The highest BCUT2D eigenvalue weighted by Gasteiger charge is 2.08. The maximum absolute atomic E-state index is 9.14. The molecule has 0 fully saturated rings. The van der Waals surface area contributed by atoms with E-state index >= 15 is 0 Å². The van der Waals surface area contributed by atoms with E-state index in [1.807, 2.05) is 38.2 Å². The molecule has 0 aliphatic rings. The third-order valence-electron chi connectivity index (χ3n) is 3.16. The third kappa shape index (κ3) is 4.68. The Labute approximate surface area is 145 Å². The van der Waals surface area contributed by atoms with Gasteiger partial charge in [0, 0.05) is 18.9 Å². The third-order valence-corrected chi connectivity index (χ3v) is 4.38. The summed E-state index contributed by atoms with van der Waals surface area (Å²) in [4.78, 5) is 9.49. The number of nitrogens with two attached hydrogens (primary N) is 1. The lowest BCUT2D eigenvalue weighted by Crippen LogP contribution is -1.98. The molecule has 0 radical (unpaired) electrons. The molecule has 0 saturated heterocycles. The number of hydrogen-bond acceptors (Lipinski definition) is 7. The second kappa shape index (κ2) is 8.28. The molecule has 1 aromatic heterocycles. The second-order valence-corrected chi connectivity index (χ2v) is 6.01. The van der Waals surface area contributed by atoms with E-state index in [0.717, 1.165) is 27.0 Å². The molecule has 0 spiro atoms. The molecule has 0 aliphatic heterocycles. The minimum atomic E-state index is -0.00661. The highest BCUT2D eigenvalue weighted by atomic mass is 32.1. The summed E-state index contributed by atoms with van der Waals surface area (Å²) in [5.41, 5.74) is 9.19. The van der Waals surface area contributed by atoms with Gasteiger partial charge in [-0.1, -0.05) is 30.0 Å². The molecule has 0 amide bonds. The quantitative estimate of drug-likeness (QED) is 0.580. The zero-order chi connectivity index (χ0) is 17.5. The van der Waals surface area contributed by atoms with E-state index in [-0.39, 0.29) is 6.61 Å². The normalized spacial score (nSPS) is 11.7. The van der Waals surface area contributed by atoms with Crippen LogP contribution in [0, 0.1) is 6.92 Å². The van der Waals surface area contributed by atoms with Gasteiger partial charge in [-0.2, -0.15) is 0 Å². The van der Waals surface area contributed by atoms with Gasteiger partial charge in [-0.15, -0.1) is 0 Å². The molecule has 0 unspecified atom stereocenters. The zero-order valence-corrected chi connectivity index (χ0v) is 14.5. The van der Waals surface area contributed by atoms with Gasteiger partial charge in [0.1, 0.15) is 5.82 Å². The fourth-order valence-electron chi connectivity index (χ4n) is 2.00. The number of allylic oxidation sites excluding steroid dienone is 1. The van der Waals surface area contributed by atoms with Gasteiger partial charge in [-0.05, 0) is 30.7 Å². The molecule has 1 heterocycles. The van der Waals surface area contributed by atoms with Crippen LogP contribution in [0.3, 0.4) is 0 Å². The van der Waals surface area contributed by atoms with Gasteiger partial charge < -0.3 is 21.5 Å². The van der Waals surface area contributed by atoms with Gasteiger partial charge in [0.05, 0.1) is 22.9 Å². The molecule has 2 rings (SSSR count). The molecule has 6 nitrogen and oxygen atoms in total. The first-order valence-corrected chi connectivity index (χ1v) is 8.16. The summed E-state index contributed by atoms with van der Waals surface area (Å²) in [5.74, 6) is 0.478. The topological polar surface area (TPSA) is 95.6 Å². The van der Waals surface area contributed by atoms with Crippen molar-refractivity contribution in [3.63, 3.8) is 0 Å². The number of anilines is 2. The lowest BCUT2D eigenvalue weighted by atomic mass is 10.2. The summed E-state index contributed by atoms with van der Waals surface area (Å²) in [6.07, 6.45) is 3.32. The maximum Gasteiger partial charge on any atom is 0.183 e. The lowest BCUT2D eigenvalue weighted by molar-refractivity contribution is 0.282. The Hall–Kier alpha value is -2.64. The van der Waals surface area contributed by atoms with Crippen molar-refractivity contribution in [3.8, 4) is 0 Å². The van der Waals surface area contributed by atoms with Gasteiger partial charge in [0.15, 0.2) is 5.13 Å². The highest BCUT2D eigenvalue weighted by Crippen LogP contribution is 2.26. The van der Waals surface area contributed by atoms with Crippen molar-refractivity contribution < 1.29 is 5.11 Å². The van der Waals surface area contributed by atoms with E-state index in [0.29, 0.717) is 11.5 Å². The average molecular weight is 343 g/mol. The largest absolute Gasteiger partial charge is 0.397 e. The molecule has 7 heteroatoms. The molecule has 5 N–H and O–H groups in total. The monoisotopic (exact) mass is 343 g/mol. The molecule has 126 valence electrons. The maximum atomic E-state index is 9.14. The molecule has 1 aromatic carbocycles. The first kappa shape index (κ1) is 17.7. The Morgan fingerprint density at radius 1 is 1.50 bits per heavy atom. The van der Waals surface area contributed by atoms with E-state index in [4.69, 9.17) is 10.8 Å². The fraction of sp³-hybridized carbons (Fsp3) is 0.176. The van der Waals surface area contributed by atoms with Crippen molar-refractivity contribution in [3.05, 3.63) is 58.9 Å². The Balaban J connectivity index is 2.01. The molecule has 0 saturated carbocycles. The summed E-state index contributed by atoms with van der Waals surface area (Å²) >= 11 is 1.49.